The van der Waals surface area contributed by atoms with Gasteiger partial charge in [-0.15, -0.1) is 5.10 Å². The van der Waals surface area contributed by atoms with Crippen molar-refractivity contribution in [2.24, 2.45) is 0 Å². The lowest BCUT2D eigenvalue weighted by Gasteiger charge is -2.11. The standard InChI is InChI=1S/C13H11ClN4O/c1-9(19-11-5-3-10(14)4-6-11)12-16-13-15-7-2-8-18(13)17-12/h2-9H,1H3. The third kappa shape index (κ3) is 2.51. The molecule has 2 heterocycles. The third-order valence-electron chi connectivity index (χ3n) is 2.62. The Balaban J connectivity index is 1.83. The number of hydrogen-bond acceptors (Lipinski definition) is 4. The lowest BCUT2D eigenvalue weighted by molar-refractivity contribution is 0.216. The average molecular weight is 275 g/mol. The molecule has 0 radical (unpaired) electrons. The summed E-state index contributed by atoms with van der Waals surface area (Å²) in [7, 11) is 0. The first-order valence-corrected chi connectivity index (χ1v) is 6.20. The van der Waals surface area contributed by atoms with E-state index in [0.29, 0.717) is 16.6 Å². The fraction of sp³-hybridized carbons (Fsp3) is 0.154. The van der Waals surface area contributed by atoms with Crippen LogP contribution >= 0.6 is 11.6 Å². The van der Waals surface area contributed by atoms with Crippen LogP contribution in [0, 0.1) is 0 Å². The summed E-state index contributed by atoms with van der Waals surface area (Å²) in [6.45, 7) is 1.89. The molecule has 1 atom stereocenters. The van der Waals surface area contributed by atoms with Crippen LogP contribution in [0.4, 0.5) is 0 Å². The number of hydrogen-bond donors (Lipinski definition) is 0. The van der Waals surface area contributed by atoms with Crippen molar-refractivity contribution in [2.45, 2.75) is 13.0 Å². The predicted molar refractivity (Wildman–Crippen MR) is 71.3 cm³/mol. The largest absolute Gasteiger partial charge is 0.483 e. The molecule has 0 bridgehead atoms. The number of benzene rings is 1. The number of nitrogens with zero attached hydrogens (tertiary/aromatic N) is 4. The molecule has 6 heteroatoms. The highest BCUT2D eigenvalue weighted by Gasteiger charge is 2.14. The lowest BCUT2D eigenvalue weighted by Crippen LogP contribution is -2.05. The fourth-order valence-corrected chi connectivity index (χ4v) is 1.82. The molecule has 0 fully saturated rings. The second-order valence-electron chi connectivity index (χ2n) is 4.05. The maximum Gasteiger partial charge on any atom is 0.252 e. The molecule has 0 aliphatic heterocycles. The topological polar surface area (TPSA) is 52.3 Å². The van der Waals surface area contributed by atoms with Gasteiger partial charge in [0.15, 0.2) is 11.9 Å². The SMILES string of the molecule is CC(Oc1ccc(Cl)cc1)c1nc2ncccn2n1. The monoisotopic (exact) mass is 274 g/mol. The zero-order valence-electron chi connectivity index (χ0n) is 10.2. The van der Waals surface area contributed by atoms with Crippen LogP contribution in [0.5, 0.6) is 5.75 Å². The number of rotatable bonds is 3. The third-order valence-corrected chi connectivity index (χ3v) is 2.88. The predicted octanol–water partition coefficient (Wildman–Crippen LogP) is 2.92. The van der Waals surface area contributed by atoms with Crippen LogP contribution < -0.4 is 4.74 Å². The van der Waals surface area contributed by atoms with Gasteiger partial charge in [0, 0.05) is 17.4 Å². The van der Waals surface area contributed by atoms with E-state index in [1.165, 1.54) is 0 Å². The van der Waals surface area contributed by atoms with Gasteiger partial charge in [0.2, 0.25) is 0 Å². The molecule has 96 valence electrons. The Hall–Kier alpha value is -2.14. The molecule has 1 aromatic carbocycles. The van der Waals surface area contributed by atoms with E-state index in [1.54, 1.807) is 35.1 Å². The van der Waals surface area contributed by atoms with Gasteiger partial charge in [-0.05, 0) is 37.3 Å². The summed E-state index contributed by atoms with van der Waals surface area (Å²) in [6.07, 6.45) is 3.22. The summed E-state index contributed by atoms with van der Waals surface area (Å²) in [5.41, 5.74) is 0. The summed E-state index contributed by atoms with van der Waals surface area (Å²) in [5, 5.41) is 4.99. The first-order valence-electron chi connectivity index (χ1n) is 5.82. The summed E-state index contributed by atoms with van der Waals surface area (Å²) < 4.78 is 7.38. The van der Waals surface area contributed by atoms with Gasteiger partial charge in [-0.25, -0.2) is 9.50 Å². The van der Waals surface area contributed by atoms with Crippen molar-refractivity contribution in [3.8, 4) is 5.75 Å². The van der Waals surface area contributed by atoms with Crippen molar-refractivity contribution in [3.05, 3.63) is 53.6 Å². The van der Waals surface area contributed by atoms with Crippen LogP contribution in [0.1, 0.15) is 18.9 Å². The molecule has 3 aromatic rings. The molecule has 1 unspecified atom stereocenters. The molecule has 0 N–H and O–H groups in total. The zero-order chi connectivity index (χ0) is 13.2. The van der Waals surface area contributed by atoms with Crippen molar-refractivity contribution < 1.29 is 4.74 Å². The van der Waals surface area contributed by atoms with Gasteiger partial charge >= 0.3 is 0 Å². The van der Waals surface area contributed by atoms with E-state index in [2.05, 4.69) is 15.1 Å². The highest BCUT2D eigenvalue weighted by Crippen LogP contribution is 2.21. The molecule has 0 aliphatic carbocycles. The Morgan fingerprint density at radius 2 is 2.05 bits per heavy atom. The van der Waals surface area contributed by atoms with Crippen molar-refractivity contribution in [3.63, 3.8) is 0 Å². The first kappa shape index (κ1) is 11.9. The van der Waals surface area contributed by atoms with E-state index < -0.39 is 0 Å². The molecule has 0 amide bonds. The molecule has 0 saturated heterocycles. The summed E-state index contributed by atoms with van der Waals surface area (Å²) in [5.74, 6) is 1.88. The maximum atomic E-state index is 5.83. The fourth-order valence-electron chi connectivity index (χ4n) is 1.69. The molecule has 3 rings (SSSR count). The minimum absolute atomic E-state index is 0.261. The van der Waals surface area contributed by atoms with Gasteiger partial charge in [-0.3, -0.25) is 0 Å². The number of halogens is 1. The lowest BCUT2D eigenvalue weighted by atomic mass is 10.3. The van der Waals surface area contributed by atoms with E-state index in [-0.39, 0.29) is 6.10 Å². The van der Waals surface area contributed by atoms with Crippen LogP contribution in [0.15, 0.2) is 42.7 Å². The Labute approximate surface area is 114 Å². The van der Waals surface area contributed by atoms with Gasteiger partial charge in [-0.1, -0.05) is 11.6 Å². The Kier molecular flexibility index (Phi) is 3.05. The van der Waals surface area contributed by atoms with Gasteiger partial charge in [0.25, 0.3) is 5.78 Å². The van der Waals surface area contributed by atoms with Crippen LogP contribution in [-0.4, -0.2) is 19.6 Å². The van der Waals surface area contributed by atoms with E-state index in [1.807, 2.05) is 19.1 Å². The molecular weight excluding hydrogens is 264 g/mol. The smallest absolute Gasteiger partial charge is 0.252 e. The Morgan fingerprint density at radius 3 is 2.79 bits per heavy atom. The Morgan fingerprint density at radius 1 is 1.26 bits per heavy atom. The van der Waals surface area contributed by atoms with E-state index in [4.69, 9.17) is 16.3 Å². The van der Waals surface area contributed by atoms with Gasteiger partial charge in [-0.2, -0.15) is 4.98 Å². The molecule has 2 aromatic heterocycles. The van der Waals surface area contributed by atoms with Gasteiger partial charge < -0.3 is 4.74 Å². The molecule has 19 heavy (non-hydrogen) atoms. The molecule has 0 spiro atoms. The van der Waals surface area contributed by atoms with E-state index >= 15 is 0 Å². The van der Waals surface area contributed by atoms with Gasteiger partial charge in [0.05, 0.1) is 0 Å². The zero-order valence-corrected chi connectivity index (χ0v) is 10.9. The van der Waals surface area contributed by atoms with E-state index in [0.717, 1.165) is 5.75 Å². The molecule has 5 nitrogen and oxygen atoms in total. The van der Waals surface area contributed by atoms with Crippen molar-refractivity contribution in [1.82, 2.24) is 19.6 Å². The van der Waals surface area contributed by atoms with Gasteiger partial charge in [0.1, 0.15) is 5.75 Å². The number of aromatic nitrogens is 4. The minimum Gasteiger partial charge on any atom is -0.483 e. The Bertz CT molecular complexity index is 662. The number of ether oxygens (including phenoxy) is 1. The highest BCUT2D eigenvalue weighted by molar-refractivity contribution is 6.30. The first-order chi connectivity index (χ1) is 9.22. The van der Waals surface area contributed by atoms with Crippen molar-refractivity contribution in [2.75, 3.05) is 0 Å². The van der Waals surface area contributed by atoms with Crippen molar-refractivity contribution >= 4 is 17.4 Å². The summed E-state index contributed by atoms with van der Waals surface area (Å²) in [4.78, 5) is 8.44. The number of fused-ring (bicyclic) bond motifs is 1. The molecule has 0 saturated carbocycles. The molecular formula is C13H11ClN4O. The summed E-state index contributed by atoms with van der Waals surface area (Å²) in [6, 6.07) is 8.99. The maximum absolute atomic E-state index is 5.83. The average Bonchev–Trinajstić information content (AvgIpc) is 2.85. The van der Waals surface area contributed by atoms with Crippen molar-refractivity contribution in [1.29, 1.82) is 0 Å². The van der Waals surface area contributed by atoms with Crippen LogP contribution in [0.2, 0.25) is 5.02 Å². The highest BCUT2D eigenvalue weighted by atomic mass is 35.5. The minimum atomic E-state index is -0.261. The normalized spacial score (nSPS) is 12.5. The quantitative estimate of drug-likeness (QED) is 0.737. The van der Waals surface area contributed by atoms with E-state index in [9.17, 15) is 0 Å². The van der Waals surface area contributed by atoms with Crippen LogP contribution in [0.3, 0.4) is 0 Å². The second-order valence-corrected chi connectivity index (χ2v) is 4.48. The summed E-state index contributed by atoms with van der Waals surface area (Å²) >= 11 is 5.83. The van der Waals surface area contributed by atoms with Crippen LogP contribution in [-0.2, 0) is 0 Å². The second kappa shape index (κ2) is 4.85. The van der Waals surface area contributed by atoms with Crippen LogP contribution in [0.25, 0.3) is 5.78 Å². The molecule has 0 aliphatic rings.